The first-order chi connectivity index (χ1) is 17.3. The third-order valence-electron chi connectivity index (χ3n) is 5.32. The summed E-state index contributed by atoms with van der Waals surface area (Å²) >= 11 is 0. The number of ether oxygens (including phenoxy) is 1. The van der Waals surface area contributed by atoms with Crippen molar-refractivity contribution in [3.05, 3.63) is 77.6 Å². The quantitative estimate of drug-likeness (QED) is 0.297. The van der Waals surface area contributed by atoms with Gasteiger partial charge in [-0.2, -0.15) is 0 Å². The average molecular weight is 511 g/mol. The Morgan fingerprint density at radius 1 is 1.14 bits per heavy atom. The van der Waals surface area contributed by atoms with Gasteiger partial charge in [0.1, 0.15) is 23.4 Å². The van der Waals surface area contributed by atoms with Gasteiger partial charge in [0.15, 0.2) is 12.3 Å². The van der Waals surface area contributed by atoms with Crippen LogP contribution in [-0.2, 0) is 27.1 Å². The van der Waals surface area contributed by atoms with Crippen LogP contribution >= 0.6 is 0 Å². The Morgan fingerprint density at radius 2 is 2.00 bits per heavy atom. The first-order valence-corrected chi connectivity index (χ1v) is 12.3. The predicted molar refractivity (Wildman–Crippen MR) is 128 cm³/mol. The molecule has 0 saturated heterocycles. The van der Waals surface area contributed by atoms with Crippen LogP contribution in [0.2, 0.25) is 0 Å². The maximum absolute atomic E-state index is 13.4. The number of fused-ring (bicyclic) bond motifs is 2. The van der Waals surface area contributed by atoms with Gasteiger partial charge in [0.2, 0.25) is 10.0 Å². The molecule has 3 heterocycles. The Hall–Kier alpha value is -4.52. The second kappa shape index (κ2) is 9.26. The number of carbonyl (C=O) groups is 2. The summed E-state index contributed by atoms with van der Waals surface area (Å²) < 4.78 is 46.4. The molecule has 13 heteroatoms. The lowest BCUT2D eigenvalue weighted by Crippen LogP contribution is -2.26. The second-order valence-electron chi connectivity index (χ2n) is 7.99. The van der Waals surface area contributed by atoms with Crippen molar-refractivity contribution >= 4 is 44.2 Å². The first-order valence-electron chi connectivity index (χ1n) is 10.7. The lowest BCUT2D eigenvalue weighted by molar-refractivity contribution is -0.118. The van der Waals surface area contributed by atoms with E-state index in [4.69, 9.17) is 4.74 Å². The number of benzene rings is 2. The third kappa shape index (κ3) is 4.95. The van der Waals surface area contributed by atoms with Gasteiger partial charge in [-0.3, -0.25) is 14.3 Å². The minimum atomic E-state index is -3.89. The molecule has 0 atom stereocenters. The maximum atomic E-state index is 13.4. The number of sulfonamides is 1. The molecule has 0 unspecified atom stereocenters. The van der Waals surface area contributed by atoms with E-state index in [1.54, 1.807) is 18.2 Å². The molecule has 4 aromatic rings. The zero-order valence-corrected chi connectivity index (χ0v) is 19.4. The summed E-state index contributed by atoms with van der Waals surface area (Å²) in [7, 11) is -3.89. The van der Waals surface area contributed by atoms with E-state index in [0.29, 0.717) is 11.4 Å². The highest BCUT2D eigenvalue weighted by Gasteiger charge is 2.20. The van der Waals surface area contributed by atoms with Crippen molar-refractivity contribution in [1.82, 2.24) is 20.3 Å². The molecule has 0 bridgehead atoms. The topological polar surface area (TPSA) is 155 Å². The summed E-state index contributed by atoms with van der Waals surface area (Å²) in [4.78, 5) is 35.4. The normalized spacial score (nSPS) is 13.0. The molecule has 36 heavy (non-hydrogen) atoms. The molecule has 2 aromatic carbocycles. The zero-order chi connectivity index (χ0) is 25.3. The molecule has 0 radical (unpaired) electrons. The highest BCUT2D eigenvalue weighted by Crippen LogP contribution is 2.28. The molecule has 1 aliphatic rings. The smallest absolute Gasteiger partial charge is 0.272 e. The van der Waals surface area contributed by atoms with E-state index in [2.05, 4.69) is 30.3 Å². The molecule has 0 spiro atoms. The van der Waals surface area contributed by atoms with Gasteiger partial charge in [-0.05, 0) is 35.4 Å². The Labute approximate surface area is 204 Å². The van der Waals surface area contributed by atoms with Crippen molar-refractivity contribution in [2.45, 2.75) is 12.3 Å². The average Bonchev–Trinajstić information content (AvgIpc) is 3.24. The van der Waals surface area contributed by atoms with Crippen molar-refractivity contribution in [3.8, 4) is 5.75 Å². The van der Waals surface area contributed by atoms with E-state index in [9.17, 15) is 22.4 Å². The van der Waals surface area contributed by atoms with Gasteiger partial charge < -0.3 is 20.4 Å². The van der Waals surface area contributed by atoms with Crippen LogP contribution in [0.15, 0.2) is 55.0 Å². The molecule has 0 saturated carbocycles. The van der Waals surface area contributed by atoms with E-state index in [1.165, 1.54) is 24.4 Å². The molecule has 1 aliphatic heterocycles. The number of anilines is 2. The van der Waals surface area contributed by atoms with Gasteiger partial charge in [-0.15, -0.1) is 0 Å². The SMILES string of the molecule is O=C1COc2ccc(CNC(=O)c3ncnc4c(NS(=O)(=O)Cc5cccc(F)c5)c[nH]c34)cc2N1. The van der Waals surface area contributed by atoms with Gasteiger partial charge >= 0.3 is 0 Å². The van der Waals surface area contributed by atoms with Crippen molar-refractivity contribution < 1.29 is 27.1 Å². The summed E-state index contributed by atoms with van der Waals surface area (Å²) in [6.45, 7) is 0.0905. The van der Waals surface area contributed by atoms with Crippen LogP contribution in [-0.4, -0.2) is 41.8 Å². The summed E-state index contributed by atoms with van der Waals surface area (Å²) in [5.74, 6) is -1.22. The van der Waals surface area contributed by atoms with Crippen LogP contribution in [0, 0.1) is 5.82 Å². The number of nitrogens with one attached hydrogen (secondary N) is 4. The summed E-state index contributed by atoms with van der Waals surface area (Å²) in [6, 6.07) is 10.5. The lowest BCUT2D eigenvalue weighted by Gasteiger charge is -2.18. The van der Waals surface area contributed by atoms with Crippen molar-refractivity contribution in [2.24, 2.45) is 0 Å². The van der Waals surface area contributed by atoms with Gasteiger partial charge in [-0.25, -0.2) is 22.8 Å². The molecule has 2 aromatic heterocycles. The fraction of sp³-hybridized carbons (Fsp3) is 0.130. The molecule has 184 valence electrons. The molecule has 4 N–H and O–H groups in total. The largest absolute Gasteiger partial charge is 0.482 e. The van der Waals surface area contributed by atoms with Gasteiger partial charge in [0, 0.05) is 12.7 Å². The number of carbonyl (C=O) groups excluding carboxylic acids is 2. The van der Waals surface area contributed by atoms with Crippen LogP contribution in [0.3, 0.4) is 0 Å². The van der Waals surface area contributed by atoms with E-state index < -0.39 is 27.5 Å². The summed E-state index contributed by atoms with van der Waals surface area (Å²) in [6.07, 6.45) is 2.52. The number of aromatic amines is 1. The number of hydrogen-bond acceptors (Lipinski definition) is 7. The van der Waals surface area contributed by atoms with E-state index in [0.717, 1.165) is 18.0 Å². The minimum absolute atomic E-state index is 0.0187. The summed E-state index contributed by atoms with van der Waals surface area (Å²) in [5.41, 5.74) is 2.10. The van der Waals surface area contributed by atoms with Crippen LogP contribution in [0.5, 0.6) is 5.75 Å². The van der Waals surface area contributed by atoms with Crippen molar-refractivity contribution in [2.75, 3.05) is 16.6 Å². The number of H-pyrrole nitrogens is 1. The minimum Gasteiger partial charge on any atom is -0.482 e. The van der Waals surface area contributed by atoms with Gasteiger partial charge in [-0.1, -0.05) is 18.2 Å². The van der Waals surface area contributed by atoms with E-state index in [-0.39, 0.29) is 47.0 Å². The Morgan fingerprint density at radius 3 is 2.83 bits per heavy atom. The van der Waals surface area contributed by atoms with Gasteiger partial charge in [0.05, 0.1) is 22.6 Å². The number of hydrogen-bond donors (Lipinski definition) is 4. The number of rotatable bonds is 7. The highest BCUT2D eigenvalue weighted by molar-refractivity contribution is 7.91. The van der Waals surface area contributed by atoms with E-state index >= 15 is 0 Å². The van der Waals surface area contributed by atoms with Crippen LogP contribution in [0.25, 0.3) is 11.0 Å². The molecule has 11 nitrogen and oxygen atoms in total. The number of amides is 2. The molecule has 0 aliphatic carbocycles. The Balaban J connectivity index is 1.31. The van der Waals surface area contributed by atoms with Crippen LogP contribution in [0.4, 0.5) is 15.8 Å². The molecular weight excluding hydrogens is 491 g/mol. The van der Waals surface area contributed by atoms with E-state index in [1.807, 2.05) is 0 Å². The Bertz CT molecular complexity index is 1600. The number of aromatic nitrogens is 3. The highest BCUT2D eigenvalue weighted by atomic mass is 32.2. The Kier molecular flexibility index (Phi) is 5.98. The van der Waals surface area contributed by atoms with Crippen LogP contribution in [0.1, 0.15) is 21.6 Å². The maximum Gasteiger partial charge on any atom is 0.272 e. The summed E-state index contributed by atoms with van der Waals surface area (Å²) in [5, 5.41) is 5.45. The molecule has 0 fully saturated rings. The van der Waals surface area contributed by atoms with Crippen LogP contribution < -0.4 is 20.1 Å². The third-order valence-corrected chi connectivity index (χ3v) is 6.56. The first kappa shape index (κ1) is 23.2. The fourth-order valence-electron chi connectivity index (χ4n) is 3.75. The lowest BCUT2D eigenvalue weighted by atomic mass is 10.1. The fourth-order valence-corrected chi connectivity index (χ4v) is 4.93. The number of halogens is 1. The number of nitrogens with zero attached hydrogens (tertiary/aromatic N) is 2. The molecule has 2 amide bonds. The zero-order valence-electron chi connectivity index (χ0n) is 18.5. The molecular formula is C23H19FN6O5S. The molecule has 5 rings (SSSR count). The van der Waals surface area contributed by atoms with Gasteiger partial charge in [0.25, 0.3) is 11.8 Å². The van der Waals surface area contributed by atoms with Crippen molar-refractivity contribution in [3.63, 3.8) is 0 Å². The monoisotopic (exact) mass is 510 g/mol. The standard InChI is InChI=1S/C23H19FN6O5S/c24-15-3-1-2-14(6-15)11-36(33,34)30-17-9-25-21-20(17)27-12-28-22(21)23(32)26-8-13-4-5-18-16(7-13)29-19(31)10-35-18/h1-7,9,12,25,30H,8,10-11H2,(H,26,32)(H,29,31). The second-order valence-corrected chi connectivity index (χ2v) is 9.71. The predicted octanol–water partition coefficient (Wildman–Crippen LogP) is 2.30. The van der Waals surface area contributed by atoms with Crippen molar-refractivity contribution in [1.29, 1.82) is 0 Å².